The maximum Gasteiger partial charge on any atom is 0.307 e. The Labute approximate surface area is 60.6 Å². The van der Waals surface area contributed by atoms with Gasteiger partial charge in [0.05, 0.1) is 5.92 Å². The first-order chi connectivity index (χ1) is 4.51. The van der Waals surface area contributed by atoms with Crippen LogP contribution >= 0.6 is 0 Å². The molecule has 0 unspecified atom stereocenters. The fraction of sp³-hybridized carbons (Fsp3) is 0.625. The lowest BCUT2D eigenvalue weighted by atomic mass is 10.1. The smallest absolute Gasteiger partial charge is 0.307 e. The molecule has 1 N–H and O–H groups in total. The monoisotopic (exact) mass is 140 g/mol. The first-order valence-electron chi connectivity index (χ1n) is 3.37. The third kappa shape index (κ3) is 0.753. The molecular formula is C8H12O2. The van der Waals surface area contributed by atoms with Crippen LogP contribution in [-0.4, -0.2) is 11.1 Å². The zero-order valence-corrected chi connectivity index (χ0v) is 6.29. The molecule has 0 aromatic rings. The summed E-state index contributed by atoms with van der Waals surface area (Å²) in [5.74, 6) is -0.732. The van der Waals surface area contributed by atoms with Gasteiger partial charge in [0, 0.05) is 0 Å². The van der Waals surface area contributed by atoms with Crippen LogP contribution in [0.3, 0.4) is 0 Å². The van der Waals surface area contributed by atoms with E-state index in [1.807, 2.05) is 13.8 Å². The largest absolute Gasteiger partial charge is 0.481 e. The summed E-state index contributed by atoms with van der Waals surface area (Å²) in [7, 11) is 0. The number of rotatable bonds is 2. The van der Waals surface area contributed by atoms with Gasteiger partial charge < -0.3 is 5.11 Å². The summed E-state index contributed by atoms with van der Waals surface area (Å²) in [6.45, 7) is 7.50. The van der Waals surface area contributed by atoms with E-state index in [2.05, 4.69) is 6.58 Å². The van der Waals surface area contributed by atoms with Crippen LogP contribution < -0.4 is 0 Å². The number of carbonyl (C=O) groups is 1. The minimum atomic E-state index is -0.699. The molecule has 0 aliphatic heterocycles. The second kappa shape index (κ2) is 1.84. The summed E-state index contributed by atoms with van der Waals surface area (Å²) in [5, 5.41) is 8.64. The SMILES string of the molecule is C=C[C@@H]1[C@@H](C(=O)O)C1(C)C. The Morgan fingerprint density at radius 3 is 2.30 bits per heavy atom. The molecule has 0 radical (unpaired) electrons. The summed E-state index contributed by atoms with van der Waals surface area (Å²) in [6.07, 6.45) is 1.73. The number of allylic oxidation sites excluding steroid dienone is 1. The molecule has 0 saturated heterocycles. The van der Waals surface area contributed by atoms with Gasteiger partial charge >= 0.3 is 5.97 Å². The van der Waals surface area contributed by atoms with Gasteiger partial charge in [-0.2, -0.15) is 0 Å². The van der Waals surface area contributed by atoms with Crippen LogP contribution in [0.1, 0.15) is 13.8 Å². The number of hydrogen-bond donors (Lipinski definition) is 1. The summed E-state index contributed by atoms with van der Waals surface area (Å²) in [6, 6.07) is 0. The standard InChI is InChI=1S/C8H12O2/c1-4-5-6(7(9)10)8(5,2)3/h4-6H,1H2,2-3H3,(H,9,10)/t5-,6+/m1/s1. The average molecular weight is 140 g/mol. The average Bonchev–Trinajstić information content (AvgIpc) is 2.33. The van der Waals surface area contributed by atoms with Crippen molar-refractivity contribution in [3.05, 3.63) is 12.7 Å². The van der Waals surface area contributed by atoms with Gasteiger partial charge in [-0.1, -0.05) is 19.9 Å². The first-order valence-corrected chi connectivity index (χ1v) is 3.37. The Hall–Kier alpha value is -0.790. The first kappa shape index (κ1) is 7.32. The van der Waals surface area contributed by atoms with Crippen LogP contribution in [0.5, 0.6) is 0 Å². The third-order valence-corrected chi connectivity index (χ3v) is 2.43. The highest BCUT2D eigenvalue weighted by atomic mass is 16.4. The zero-order valence-electron chi connectivity index (χ0n) is 6.29. The van der Waals surface area contributed by atoms with Crippen LogP contribution in [0.2, 0.25) is 0 Å². The number of aliphatic carboxylic acids is 1. The molecule has 0 heterocycles. The fourth-order valence-electron chi connectivity index (χ4n) is 1.59. The highest BCUT2D eigenvalue weighted by molar-refractivity contribution is 5.76. The van der Waals surface area contributed by atoms with E-state index < -0.39 is 5.97 Å². The fourth-order valence-corrected chi connectivity index (χ4v) is 1.59. The normalized spacial score (nSPS) is 35.0. The summed E-state index contributed by atoms with van der Waals surface area (Å²) in [4.78, 5) is 10.5. The Morgan fingerprint density at radius 1 is 1.70 bits per heavy atom. The number of carboxylic acid groups (broad SMARTS) is 1. The highest BCUT2D eigenvalue weighted by Gasteiger charge is 2.60. The van der Waals surface area contributed by atoms with Crippen LogP contribution in [0.4, 0.5) is 0 Å². The molecule has 1 fully saturated rings. The van der Waals surface area contributed by atoms with Crippen molar-refractivity contribution in [1.82, 2.24) is 0 Å². The Bertz CT molecular complexity index is 182. The molecule has 1 saturated carbocycles. The van der Waals surface area contributed by atoms with Crippen molar-refractivity contribution in [2.45, 2.75) is 13.8 Å². The molecule has 0 aromatic heterocycles. The van der Waals surface area contributed by atoms with Crippen molar-refractivity contribution < 1.29 is 9.90 Å². The predicted molar refractivity (Wildman–Crippen MR) is 38.6 cm³/mol. The summed E-state index contributed by atoms with van der Waals surface area (Å²) in [5.41, 5.74) is -0.0619. The molecule has 2 nitrogen and oxygen atoms in total. The van der Waals surface area contributed by atoms with E-state index in [0.717, 1.165) is 0 Å². The van der Waals surface area contributed by atoms with Crippen LogP contribution in [0.25, 0.3) is 0 Å². The summed E-state index contributed by atoms with van der Waals surface area (Å²) < 4.78 is 0. The van der Waals surface area contributed by atoms with E-state index in [4.69, 9.17) is 5.11 Å². The molecule has 0 bridgehead atoms. The van der Waals surface area contributed by atoms with Crippen molar-refractivity contribution in [2.75, 3.05) is 0 Å². The van der Waals surface area contributed by atoms with Crippen molar-refractivity contribution in [3.63, 3.8) is 0 Å². The minimum absolute atomic E-state index is 0.0619. The Kier molecular flexibility index (Phi) is 1.35. The molecule has 56 valence electrons. The summed E-state index contributed by atoms with van der Waals surface area (Å²) >= 11 is 0. The lowest BCUT2D eigenvalue weighted by Crippen LogP contribution is -2.02. The quantitative estimate of drug-likeness (QED) is 0.590. The van der Waals surface area contributed by atoms with Crippen LogP contribution in [0, 0.1) is 17.3 Å². The van der Waals surface area contributed by atoms with Crippen molar-refractivity contribution in [2.24, 2.45) is 17.3 Å². The molecule has 0 spiro atoms. The van der Waals surface area contributed by atoms with Crippen LogP contribution in [-0.2, 0) is 4.79 Å². The molecular weight excluding hydrogens is 128 g/mol. The van der Waals surface area contributed by atoms with E-state index >= 15 is 0 Å². The zero-order chi connectivity index (χ0) is 7.94. The van der Waals surface area contributed by atoms with Crippen molar-refractivity contribution in [1.29, 1.82) is 0 Å². The van der Waals surface area contributed by atoms with Crippen molar-refractivity contribution >= 4 is 5.97 Å². The number of carboxylic acids is 1. The molecule has 1 rings (SSSR count). The van der Waals surface area contributed by atoms with E-state index in [0.29, 0.717) is 0 Å². The van der Waals surface area contributed by atoms with E-state index in [-0.39, 0.29) is 17.3 Å². The van der Waals surface area contributed by atoms with Gasteiger partial charge in [0.1, 0.15) is 0 Å². The molecule has 0 amide bonds. The molecule has 10 heavy (non-hydrogen) atoms. The van der Waals surface area contributed by atoms with Gasteiger partial charge in [-0.05, 0) is 11.3 Å². The number of hydrogen-bond acceptors (Lipinski definition) is 1. The predicted octanol–water partition coefficient (Wildman–Crippen LogP) is 1.53. The molecule has 2 atom stereocenters. The maximum absolute atomic E-state index is 10.5. The highest BCUT2D eigenvalue weighted by Crippen LogP contribution is 2.58. The minimum Gasteiger partial charge on any atom is -0.481 e. The van der Waals surface area contributed by atoms with E-state index in [1.165, 1.54) is 0 Å². The molecule has 0 aromatic carbocycles. The third-order valence-electron chi connectivity index (χ3n) is 2.43. The van der Waals surface area contributed by atoms with Gasteiger partial charge in [0.2, 0.25) is 0 Å². The van der Waals surface area contributed by atoms with Gasteiger partial charge in [0.25, 0.3) is 0 Å². The lowest BCUT2D eigenvalue weighted by Gasteiger charge is -1.95. The van der Waals surface area contributed by atoms with E-state index in [9.17, 15) is 4.79 Å². The van der Waals surface area contributed by atoms with Gasteiger partial charge in [-0.3, -0.25) is 4.79 Å². The molecule has 1 aliphatic carbocycles. The van der Waals surface area contributed by atoms with Crippen LogP contribution in [0.15, 0.2) is 12.7 Å². The second-order valence-electron chi connectivity index (χ2n) is 3.40. The Morgan fingerprint density at radius 2 is 2.20 bits per heavy atom. The van der Waals surface area contributed by atoms with Gasteiger partial charge in [-0.25, -0.2) is 0 Å². The molecule has 1 aliphatic rings. The van der Waals surface area contributed by atoms with Gasteiger partial charge in [-0.15, -0.1) is 6.58 Å². The topological polar surface area (TPSA) is 37.3 Å². The molecule has 2 heteroatoms. The lowest BCUT2D eigenvalue weighted by molar-refractivity contribution is -0.139. The Balaban J connectivity index is 2.70. The van der Waals surface area contributed by atoms with Crippen molar-refractivity contribution in [3.8, 4) is 0 Å². The van der Waals surface area contributed by atoms with Gasteiger partial charge in [0.15, 0.2) is 0 Å². The van der Waals surface area contributed by atoms with E-state index in [1.54, 1.807) is 6.08 Å². The second-order valence-corrected chi connectivity index (χ2v) is 3.40. The maximum atomic E-state index is 10.5.